The van der Waals surface area contributed by atoms with E-state index in [1.54, 1.807) is 7.11 Å². The number of H-pyrrole nitrogens is 1. The van der Waals surface area contributed by atoms with E-state index in [2.05, 4.69) is 36.0 Å². The van der Waals surface area contributed by atoms with Crippen molar-refractivity contribution in [3.63, 3.8) is 0 Å². The molecule has 2 aromatic carbocycles. The first-order valence-electron chi connectivity index (χ1n) is 8.96. The molecular formula is C22H24N4O2. The van der Waals surface area contributed by atoms with Crippen LogP contribution in [0.15, 0.2) is 47.5 Å². The van der Waals surface area contributed by atoms with Gasteiger partial charge in [-0.25, -0.2) is 10.1 Å². The van der Waals surface area contributed by atoms with Crippen LogP contribution in [0, 0.1) is 0 Å². The molecular weight excluding hydrogens is 352 g/mol. The predicted octanol–water partition coefficient (Wildman–Crippen LogP) is 3.89. The lowest BCUT2D eigenvalue weighted by Gasteiger charge is -2.24. The SMILES string of the molecule is COc1c(/C=C/c2ccc(N)cc2)cc(-c2ncn[nH]c2=O)cc1C(C)(C)C. The van der Waals surface area contributed by atoms with Crippen molar-refractivity contribution in [2.45, 2.75) is 26.2 Å². The number of hydrogen-bond acceptors (Lipinski definition) is 5. The topological polar surface area (TPSA) is 93.9 Å². The first-order valence-corrected chi connectivity index (χ1v) is 8.96. The van der Waals surface area contributed by atoms with Gasteiger partial charge in [-0.3, -0.25) is 4.79 Å². The van der Waals surface area contributed by atoms with E-state index >= 15 is 0 Å². The van der Waals surface area contributed by atoms with Crippen LogP contribution < -0.4 is 16.0 Å². The molecule has 0 atom stereocenters. The zero-order chi connectivity index (χ0) is 20.3. The normalized spacial score (nSPS) is 11.7. The Bertz CT molecular complexity index is 1060. The molecule has 6 heteroatoms. The van der Waals surface area contributed by atoms with E-state index in [9.17, 15) is 4.79 Å². The first-order chi connectivity index (χ1) is 13.3. The molecule has 3 aromatic rings. The summed E-state index contributed by atoms with van der Waals surface area (Å²) in [6.45, 7) is 6.31. The van der Waals surface area contributed by atoms with Gasteiger partial charge < -0.3 is 10.5 Å². The third-order valence-corrected chi connectivity index (χ3v) is 4.42. The fraction of sp³-hybridized carbons (Fsp3) is 0.227. The van der Waals surface area contributed by atoms with Crippen molar-refractivity contribution in [1.82, 2.24) is 15.2 Å². The van der Waals surface area contributed by atoms with E-state index in [-0.39, 0.29) is 11.0 Å². The smallest absolute Gasteiger partial charge is 0.290 e. The number of nitrogens with zero attached hydrogens (tertiary/aromatic N) is 2. The number of rotatable bonds is 4. The highest BCUT2D eigenvalue weighted by atomic mass is 16.5. The van der Waals surface area contributed by atoms with E-state index in [1.807, 2.05) is 48.6 Å². The Kier molecular flexibility index (Phi) is 5.31. The summed E-state index contributed by atoms with van der Waals surface area (Å²) in [4.78, 5) is 16.4. The number of aromatic amines is 1. The van der Waals surface area contributed by atoms with Crippen LogP contribution in [0.5, 0.6) is 5.75 Å². The Balaban J connectivity index is 2.19. The van der Waals surface area contributed by atoms with Crippen LogP contribution in [0.3, 0.4) is 0 Å². The van der Waals surface area contributed by atoms with Crippen LogP contribution in [-0.2, 0) is 5.41 Å². The van der Waals surface area contributed by atoms with Crippen LogP contribution in [0.2, 0.25) is 0 Å². The van der Waals surface area contributed by atoms with Gasteiger partial charge in [-0.05, 0) is 35.2 Å². The van der Waals surface area contributed by atoms with E-state index in [1.165, 1.54) is 6.33 Å². The van der Waals surface area contributed by atoms with Gasteiger partial charge in [-0.2, -0.15) is 5.10 Å². The van der Waals surface area contributed by atoms with E-state index < -0.39 is 0 Å². The molecule has 3 N–H and O–H groups in total. The van der Waals surface area contributed by atoms with Crippen molar-refractivity contribution in [3.8, 4) is 17.0 Å². The van der Waals surface area contributed by atoms with Crippen molar-refractivity contribution in [3.05, 3.63) is 69.8 Å². The fourth-order valence-electron chi connectivity index (χ4n) is 2.98. The minimum Gasteiger partial charge on any atom is -0.496 e. The van der Waals surface area contributed by atoms with Crippen molar-refractivity contribution in [2.75, 3.05) is 12.8 Å². The number of anilines is 1. The number of ether oxygens (including phenoxy) is 1. The summed E-state index contributed by atoms with van der Waals surface area (Å²) in [5.74, 6) is 0.772. The van der Waals surface area contributed by atoms with Crippen molar-refractivity contribution in [1.29, 1.82) is 0 Å². The van der Waals surface area contributed by atoms with E-state index in [4.69, 9.17) is 10.5 Å². The summed E-state index contributed by atoms with van der Waals surface area (Å²) in [5.41, 5.74) is 9.85. The zero-order valence-electron chi connectivity index (χ0n) is 16.5. The molecule has 144 valence electrons. The summed E-state index contributed by atoms with van der Waals surface area (Å²) in [6, 6.07) is 11.5. The lowest BCUT2D eigenvalue weighted by Crippen LogP contribution is -2.16. The van der Waals surface area contributed by atoms with Gasteiger partial charge in [-0.15, -0.1) is 0 Å². The lowest BCUT2D eigenvalue weighted by molar-refractivity contribution is 0.397. The summed E-state index contributed by atoms with van der Waals surface area (Å²) in [5, 5.41) is 6.12. The van der Waals surface area contributed by atoms with Gasteiger partial charge in [0.1, 0.15) is 17.8 Å². The molecule has 0 bridgehead atoms. The number of nitrogens with one attached hydrogen (secondary N) is 1. The maximum Gasteiger partial charge on any atom is 0.290 e. The van der Waals surface area contributed by atoms with Gasteiger partial charge in [0.25, 0.3) is 5.56 Å². The number of nitrogens with two attached hydrogens (primary N) is 1. The highest BCUT2D eigenvalue weighted by Crippen LogP contribution is 2.38. The molecule has 0 radical (unpaired) electrons. The Hall–Kier alpha value is -3.41. The Morgan fingerprint density at radius 3 is 2.43 bits per heavy atom. The van der Waals surface area contributed by atoms with Crippen LogP contribution in [0.4, 0.5) is 5.69 Å². The Labute approximate surface area is 164 Å². The predicted molar refractivity (Wildman–Crippen MR) is 113 cm³/mol. The molecule has 28 heavy (non-hydrogen) atoms. The third-order valence-electron chi connectivity index (χ3n) is 4.42. The maximum atomic E-state index is 12.2. The summed E-state index contributed by atoms with van der Waals surface area (Å²) in [6.07, 6.45) is 5.29. The molecule has 1 aromatic heterocycles. The summed E-state index contributed by atoms with van der Waals surface area (Å²) < 4.78 is 5.74. The van der Waals surface area contributed by atoms with E-state index in [0.29, 0.717) is 11.3 Å². The van der Waals surface area contributed by atoms with Crippen LogP contribution >= 0.6 is 0 Å². The molecule has 0 aliphatic carbocycles. The average Bonchev–Trinajstić information content (AvgIpc) is 2.66. The first kappa shape index (κ1) is 19.4. The standard InChI is InChI=1S/C22H24N4O2/c1-22(2,3)18-12-16(19-21(27)26-25-13-24-19)11-15(20(18)28-4)8-5-14-6-9-17(23)10-7-14/h5-13H,23H2,1-4H3,(H,26,27)/b8-5+. The minimum atomic E-state index is -0.332. The number of methoxy groups -OCH3 is 1. The summed E-state index contributed by atoms with van der Waals surface area (Å²) >= 11 is 0. The van der Waals surface area contributed by atoms with Crippen LogP contribution in [-0.4, -0.2) is 22.3 Å². The second-order valence-electron chi connectivity index (χ2n) is 7.56. The van der Waals surface area contributed by atoms with Gasteiger partial charge in [-0.1, -0.05) is 45.1 Å². The molecule has 6 nitrogen and oxygen atoms in total. The number of aromatic nitrogens is 3. The quantitative estimate of drug-likeness (QED) is 0.532. The molecule has 1 heterocycles. The van der Waals surface area contributed by atoms with Crippen molar-refractivity contribution >= 4 is 17.8 Å². The fourth-order valence-corrected chi connectivity index (χ4v) is 2.98. The molecule has 0 amide bonds. The van der Waals surface area contributed by atoms with Gasteiger partial charge in [0.05, 0.1) is 7.11 Å². The maximum absolute atomic E-state index is 12.2. The molecule has 0 unspecified atom stereocenters. The Morgan fingerprint density at radius 2 is 1.82 bits per heavy atom. The van der Waals surface area contributed by atoms with E-state index in [0.717, 1.165) is 28.1 Å². The lowest BCUT2D eigenvalue weighted by atomic mass is 9.83. The molecule has 0 aliphatic heterocycles. The largest absolute Gasteiger partial charge is 0.496 e. The van der Waals surface area contributed by atoms with Gasteiger partial charge >= 0.3 is 0 Å². The monoisotopic (exact) mass is 376 g/mol. The highest BCUT2D eigenvalue weighted by molar-refractivity contribution is 5.78. The van der Waals surface area contributed by atoms with Crippen molar-refractivity contribution in [2.24, 2.45) is 0 Å². The third kappa shape index (κ3) is 4.11. The van der Waals surface area contributed by atoms with Gasteiger partial charge in [0.15, 0.2) is 0 Å². The summed E-state index contributed by atoms with van der Waals surface area (Å²) in [7, 11) is 1.66. The van der Waals surface area contributed by atoms with Gasteiger partial charge in [0, 0.05) is 22.4 Å². The number of nitrogen functional groups attached to an aromatic ring is 1. The van der Waals surface area contributed by atoms with Gasteiger partial charge in [0.2, 0.25) is 0 Å². The zero-order valence-corrected chi connectivity index (χ0v) is 16.5. The molecule has 0 spiro atoms. The number of benzene rings is 2. The molecule has 0 saturated carbocycles. The number of hydrogen-bond donors (Lipinski definition) is 2. The molecule has 0 saturated heterocycles. The average molecular weight is 376 g/mol. The van der Waals surface area contributed by atoms with Crippen LogP contribution in [0.25, 0.3) is 23.4 Å². The highest BCUT2D eigenvalue weighted by Gasteiger charge is 2.23. The van der Waals surface area contributed by atoms with Crippen LogP contribution in [0.1, 0.15) is 37.5 Å². The molecule has 3 rings (SSSR count). The molecule has 0 aliphatic rings. The minimum absolute atomic E-state index is 0.190. The molecule has 0 fully saturated rings. The second kappa shape index (κ2) is 7.68. The second-order valence-corrected chi connectivity index (χ2v) is 7.56. The van der Waals surface area contributed by atoms with Crippen molar-refractivity contribution < 1.29 is 4.74 Å². The Morgan fingerprint density at radius 1 is 1.11 bits per heavy atom.